The van der Waals surface area contributed by atoms with Crippen LogP contribution in [-0.4, -0.2) is 58.9 Å². The fourth-order valence-corrected chi connectivity index (χ4v) is 3.97. The molecule has 6 nitrogen and oxygen atoms in total. The van der Waals surface area contributed by atoms with Crippen molar-refractivity contribution in [3.05, 3.63) is 59.8 Å². The van der Waals surface area contributed by atoms with E-state index >= 15 is 0 Å². The molecule has 0 saturated carbocycles. The standard InChI is InChI=1S/C23H25ClN2O4/c1-16(27)26-12-9-17-3-2-4-22(23(17)26)29-15-19(28)13-25-11-10-21(14-25)30-20-7-5-18(24)6-8-20/h2-9,12,19,21,28H,10-11,13-15H2,1H3. The highest BCUT2D eigenvalue weighted by molar-refractivity contribution is 6.30. The zero-order valence-corrected chi connectivity index (χ0v) is 17.6. The predicted molar refractivity (Wildman–Crippen MR) is 117 cm³/mol. The van der Waals surface area contributed by atoms with Crippen molar-refractivity contribution in [1.29, 1.82) is 0 Å². The second kappa shape index (κ2) is 9.08. The van der Waals surface area contributed by atoms with Crippen molar-refractivity contribution >= 4 is 28.4 Å². The third-order valence-corrected chi connectivity index (χ3v) is 5.51. The molecule has 1 N–H and O–H groups in total. The first-order valence-corrected chi connectivity index (χ1v) is 10.4. The molecule has 0 amide bonds. The number of nitrogens with zero attached hydrogens (tertiary/aromatic N) is 2. The molecule has 1 aliphatic heterocycles. The zero-order chi connectivity index (χ0) is 21.1. The van der Waals surface area contributed by atoms with Gasteiger partial charge in [0.1, 0.15) is 30.3 Å². The number of carbonyl (C=O) groups is 1. The van der Waals surface area contributed by atoms with E-state index in [0.717, 1.165) is 36.2 Å². The summed E-state index contributed by atoms with van der Waals surface area (Å²) in [6.07, 6.45) is 2.09. The number of hydrogen-bond acceptors (Lipinski definition) is 5. The Labute approximate surface area is 180 Å². The largest absolute Gasteiger partial charge is 0.489 e. The van der Waals surface area contributed by atoms with Gasteiger partial charge >= 0.3 is 0 Å². The van der Waals surface area contributed by atoms with Gasteiger partial charge in [0.15, 0.2) is 0 Å². The molecule has 0 spiro atoms. The van der Waals surface area contributed by atoms with Gasteiger partial charge in [0.05, 0.1) is 5.52 Å². The van der Waals surface area contributed by atoms with E-state index in [1.54, 1.807) is 10.8 Å². The molecule has 158 valence electrons. The molecule has 1 aromatic heterocycles. The number of para-hydroxylation sites is 1. The van der Waals surface area contributed by atoms with Crippen LogP contribution < -0.4 is 9.47 Å². The van der Waals surface area contributed by atoms with Gasteiger partial charge in [-0.1, -0.05) is 23.7 Å². The summed E-state index contributed by atoms with van der Waals surface area (Å²) in [5, 5.41) is 12.1. The highest BCUT2D eigenvalue weighted by Crippen LogP contribution is 2.27. The van der Waals surface area contributed by atoms with E-state index in [9.17, 15) is 9.90 Å². The Balaban J connectivity index is 1.30. The topological polar surface area (TPSA) is 63.9 Å². The minimum Gasteiger partial charge on any atom is -0.489 e. The first-order chi connectivity index (χ1) is 14.5. The van der Waals surface area contributed by atoms with Crippen molar-refractivity contribution in [3.8, 4) is 11.5 Å². The van der Waals surface area contributed by atoms with Crippen LogP contribution in [0.4, 0.5) is 0 Å². The van der Waals surface area contributed by atoms with Gasteiger partial charge in [-0.25, -0.2) is 0 Å². The fraction of sp³-hybridized carbons (Fsp3) is 0.348. The van der Waals surface area contributed by atoms with Gasteiger partial charge in [0.2, 0.25) is 5.91 Å². The van der Waals surface area contributed by atoms with E-state index in [-0.39, 0.29) is 18.6 Å². The lowest BCUT2D eigenvalue weighted by Gasteiger charge is -2.21. The number of rotatable bonds is 7. The van der Waals surface area contributed by atoms with Crippen LogP contribution in [0.25, 0.3) is 10.9 Å². The lowest BCUT2D eigenvalue weighted by atomic mass is 10.2. The molecule has 3 aromatic rings. The molecular formula is C23H25ClN2O4. The summed E-state index contributed by atoms with van der Waals surface area (Å²) >= 11 is 5.91. The molecule has 1 aliphatic rings. The molecule has 2 heterocycles. The van der Waals surface area contributed by atoms with Crippen molar-refractivity contribution < 1.29 is 19.4 Å². The number of fused-ring (bicyclic) bond motifs is 1. The summed E-state index contributed by atoms with van der Waals surface area (Å²) in [7, 11) is 0. The third-order valence-electron chi connectivity index (χ3n) is 5.26. The Morgan fingerprint density at radius 2 is 2.03 bits per heavy atom. The number of aliphatic hydroxyl groups excluding tert-OH is 1. The SMILES string of the molecule is CC(=O)n1ccc2cccc(OCC(O)CN3CCC(Oc4ccc(Cl)cc4)C3)c21. The molecule has 30 heavy (non-hydrogen) atoms. The van der Waals surface area contributed by atoms with Crippen molar-refractivity contribution in [1.82, 2.24) is 9.47 Å². The number of carbonyl (C=O) groups excluding carboxylic acids is 1. The number of likely N-dealkylation sites (tertiary alicyclic amines) is 1. The number of aromatic nitrogens is 1. The minimum atomic E-state index is -0.643. The maximum atomic E-state index is 11.9. The van der Waals surface area contributed by atoms with Gasteiger partial charge in [0, 0.05) is 43.2 Å². The number of aliphatic hydroxyl groups is 1. The molecule has 0 bridgehead atoms. The van der Waals surface area contributed by atoms with Crippen LogP contribution in [0.2, 0.25) is 5.02 Å². The van der Waals surface area contributed by atoms with Gasteiger partial charge in [-0.3, -0.25) is 14.3 Å². The van der Waals surface area contributed by atoms with Crippen LogP contribution in [0.15, 0.2) is 54.7 Å². The number of ether oxygens (including phenoxy) is 2. The Morgan fingerprint density at radius 3 is 2.80 bits per heavy atom. The van der Waals surface area contributed by atoms with Crippen LogP contribution in [0.1, 0.15) is 18.1 Å². The smallest absolute Gasteiger partial charge is 0.228 e. The summed E-state index contributed by atoms with van der Waals surface area (Å²) in [5.74, 6) is 1.32. The lowest BCUT2D eigenvalue weighted by Crippen LogP contribution is -2.35. The van der Waals surface area contributed by atoms with Crippen molar-refractivity contribution in [2.75, 3.05) is 26.2 Å². The number of benzene rings is 2. The molecule has 0 aliphatic carbocycles. The Morgan fingerprint density at radius 1 is 1.23 bits per heavy atom. The molecule has 1 fully saturated rings. The fourth-order valence-electron chi connectivity index (χ4n) is 3.84. The quantitative estimate of drug-likeness (QED) is 0.619. The minimum absolute atomic E-state index is 0.0783. The maximum absolute atomic E-state index is 11.9. The second-order valence-corrected chi connectivity index (χ2v) is 8.04. The summed E-state index contributed by atoms with van der Waals surface area (Å²) < 4.78 is 13.4. The first-order valence-electron chi connectivity index (χ1n) is 10.1. The Hall–Kier alpha value is -2.54. The van der Waals surface area contributed by atoms with E-state index in [1.165, 1.54) is 6.92 Å². The Bertz CT molecular complexity index is 1020. The van der Waals surface area contributed by atoms with Gasteiger partial charge in [-0.2, -0.15) is 0 Å². The van der Waals surface area contributed by atoms with Crippen molar-refractivity contribution in [3.63, 3.8) is 0 Å². The van der Waals surface area contributed by atoms with E-state index in [1.807, 2.05) is 48.5 Å². The maximum Gasteiger partial charge on any atom is 0.228 e. The summed E-state index contributed by atoms with van der Waals surface area (Å²) in [6.45, 7) is 3.78. The molecule has 2 unspecified atom stereocenters. The summed E-state index contributed by atoms with van der Waals surface area (Å²) in [4.78, 5) is 14.0. The molecular weight excluding hydrogens is 404 g/mol. The van der Waals surface area contributed by atoms with Crippen molar-refractivity contribution in [2.45, 2.75) is 25.6 Å². The number of hydrogen-bond donors (Lipinski definition) is 1. The molecule has 2 atom stereocenters. The van der Waals surface area contributed by atoms with Crippen LogP contribution in [0.5, 0.6) is 11.5 Å². The number of halogens is 1. The highest BCUT2D eigenvalue weighted by atomic mass is 35.5. The van der Waals surface area contributed by atoms with E-state index in [4.69, 9.17) is 21.1 Å². The monoisotopic (exact) mass is 428 g/mol. The molecule has 1 saturated heterocycles. The summed E-state index contributed by atoms with van der Waals surface area (Å²) in [6, 6.07) is 14.9. The van der Waals surface area contributed by atoms with E-state index in [2.05, 4.69) is 4.90 Å². The van der Waals surface area contributed by atoms with Crippen LogP contribution in [0, 0.1) is 0 Å². The van der Waals surface area contributed by atoms with Gasteiger partial charge < -0.3 is 14.6 Å². The van der Waals surface area contributed by atoms with Crippen LogP contribution in [0.3, 0.4) is 0 Å². The molecule has 2 aromatic carbocycles. The van der Waals surface area contributed by atoms with Gasteiger partial charge in [-0.15, -0.1) is 0 Å². The zero-order valence-electron chi connectivity index (χ0n) is 16.8. The molecule has 7 heteroatoms. The van der Waals surface area contributed by atoms with Crippen LogP contribution >= 0.6 is 11.6 Å². The van der Waals surface area contributed by atoms with E-state index < -0.39 is 6.10 Å². The molecule has 4 rings (SSSR count). The summed E-state index contributed by atoms with van der Waals surface area (Å²) in [5.41, 5.74) is 0.731. The number of β-amino-alcohol motifs (C(OH)–C–C–N with tert-alkyl or cyclic N) is 1. The predicted octanol–water partition coefficient (Wildman–Crippen LogP) is 3.85. The second-order valence-electron chi connectivity index (χ2n) is 7.61. The molecule has 0 radical (unpaired) electrons. The average Bonchev–Trinajstić information content (AvgIpc) is 3.35. The highest BCUT2D eigenvalue weighted by Gasteiger charge is 2.26. The average molecular weight is 429 g/mol. The lowest BCUT2D eigenvalue weighted by molar-refractivity contribution is 0.0724. The third kappa shape index (κ3) is 4.78. The van der Waals surface area contributed by atoms with Crippen LogP contribution in [-0.2, 0) is 0 Å². The first kappa shape index (κ1) is 20.7. The Kier molecular flexibility index (Phi) is 6.27. The van der Waals surface area contributed by atoms with Gasteiger partial charge in [0.25, 0.3) is 0 Å². The normalized spacial score (nSPS) is 17.9. The van der Waals surface area contributed by atoms with Gasteiger partial charge in [-0.05, 0) is 42.8 Å². The van der Waals surface area contributed by atoms with E-state index in [0.29, 0.717) is 17.3 Å². The van der Waals surface area contributed by atoms with Crippen molar-refractivity contribution in [2.24, 2.45) is 0 Å².